The van der Waals surface area contributed by atoms with Crippen molar-refractivity contribution in [1.29, 1.82) is 0 Å². The Morgan fingerprint density at radius 3 is 2.71 bits per heavy atom. The SMILES string of the molecule is Cc1cccc([C@@H]2C[C@@H](CO)N(C(=O)OC(C)(C)C)C2)c1. The number of carbonyl (C=O) groups excluding carboxylic acids is 1. The number of benzene rings is 1. The number of ether oxygens (including phenoxy) is 1. The normalized spacial score (nSPS) is 22.4. The van der Waals surface area contributed by atoms with Crippen LogP contribution in [-0.4, -0.2) is 40.9 Å². The third-order valence-corrected chi connectivity index (χ3v) is 3.77. The monoisotopic (exact) mass is 291 g/mol. The van der Waals surface area contributed by atoms with Crippen LogP contribution in [0.3, 0.4) is 0 Å². The maximum atomic E-state index is 12.3. The fourth-order valence-corrected chi connectivity index (χ4v) is 2.80. The molecule has 1 aromatic rings. The van der Waals surface area contributed by atoms with Crippen molar-refractivity contribution in [3.63, 3.8) is 0 Å². The number of aliphatic hydroxyl groups excluding tert-OH is 1. The molecule has 116 valence electrons. The smallest absolute Gasteiger partial charge is 0.410 e. The van der Waals surface area contributed by atoms with Gasteiger partial charge in [0.05, 0.1) is 12.6 Å². The Bertz CT molecular complexity index is 507. The zero-order valence-electron chi connectivity index (χ0n) is 13.3. The number of hydrogen-bond acceptors (Lipinski definition) is 3. The number of aliphatic hydroxyl groups is 1. The lowest BCUT2D eigenvalue weighted by atomic mass is 9.95. The zero-order chi connectivity index (χ0) is 15.6. The van der Waals surface area contributed by atoms with Gasteiger partial charge < -0.3 is 14.7 Å². The van der Waals surface area contributed by atoms with E-state index in [-0.39, 0.29) is 24.7 Å². The average molecular weight is 291 g/mol. The van der Waals surface area contributed by atoms with Crippen LogP contribution in [0.2, 0.25) is 0 Å². The van der Waals surface area contributed by atoms with Crippen molar-refractivity contribution < 1.29 is 14.6 Å². The lowest BCUT2D eigenvalue weighted by Crippen LogP contribution is -2.41. The highest BCUT2D eigenvalue weighted by atomic mass is 16.6. The van der Waals surface area contributed by atoms with Crippen molar-refractivity contribution in [2.75, 3.05) is 13.2 Å². The second kappa shape index (κ2) is 6.06. The molecule has 1 aliphatic rings. The van der Waals surface area contributed by atoms with Crippen LogP contribution in [0.1, 0.15) is 44.2 Å². The fourth-order valence-electron chi connectivity index (χ4n) is 2.80. The topological polar surface area (TPSA) is 49.8 Å². The summed E-state index contributed by atoms with van der Waals surface area (Å²) >= 11 is 0. The molecule has 1 fully saturated rings. The van der Waals surface area contributed by atoms with E-state index in [1.54, 1.807) is 4.90 Å². The number of rotatable bonds is 2. The minimum Gasteiger partial charge on any atom is -0.444 e. The molecule has 0 saturated carbocycles. The molecule has 0 spiro atoms. The first-order valence-corrected chi connectivity index (χ1v) is 7.47. The third kappa shape index (κ3) is 3.97. The van der Waals surface area contributed by atoms with Crippen LogP contribution in [0.15, 0.2) is 24.3 Å². The second-order valence-electron chi connectivity index (χ2n) is 6.82. The van der Waals surface area contributed by atoms with Crippen LogP contribution in [0.25, 0.3) is 0 Å². The fraction of sp³-hybridized carbons (Fsp3) is 0.588. The van der Waals surface area contributed by atoms with Crippen molar-refractivity contribution in [2.45, 2.75) is 51.7 Å². The molecule has 0 aliphatic carbocycles. The minimum absolute atomic E-state index is 0.0262. The summed E-state index contributed by atoms with van der Waals surface area (Å²) in [6.07, 6.45) is 0.441. The first kappa shape index (κ1) is 15.8. The highest BCUT2D eigenvalue weighted by Crippen LogP contribution is 2.32. The first-order chi connectivity index (χ1) is 9.80. The number of carbonyl (C=O) groups is 1. The molecule has 1 heterocycles. The van der Waals surface area contributed by atoms with Crippen molar-refractivity contribution in [3.8, 4) is 0 Å². The largest absolute Gasteiger partial charge is 0.444 e. The number of aryl methyl sites for hydroxylation is 1. The number of likely N-dealkylation sites (tertiary alicyclic amines) is 1. The summed E-state index contributed by atoms with van der Waals surface area (Å²) < 4.78 is 5.44. The van der Waals surface area contributed by atoms with Gasteiger partial charge in [0.2, 0.25) is 0 Å². The zero-order valence-corrected chi connectivity index (χ0v) is 13.3. The average Bonchev–Trinajstić information content (AvgIpc) is 2.81. The Kier molecular flexibility index (Phi) is 4.57. The first-order valence-electron chi connectivity index (χ1n) is 7.47. The van der Waals surface area contributed by atoms with Gasteiger partial charge in [-0.25, -0.2) is 4.79 Å². The van der Waals surface area contributed by atoms with Crippen LogP contribution >= 0.6 is 0 Å². The molecule has 21 heavy (non-hydrogen) atoms. The quantitative estimate of drug-likeness (QED) is 0.911. The van der Waals surface area contributed by atoms with E-state index in [0.29, 0.717) is 6.54 Å². The predicted molar refractivity (Wildman–Crippen MR) is 82.4 cm³/mol. The highest BCUT2D eigenvalue weighted by molar-refractivity contribution is 5.69. The van der Waals surface area contributed by atoms with Gasteiger partial charge in [-0.3, -0.25) is 0 Å². The molecule has 4 nitrogen and oxygen atoms in total. The summed E-state index contributed by atoms with van der Waals surface area (Å²) in [5.74, 6) is 0.259. The van der Waals surface area contributed by atoms with Gasteiger partial charge in [0.25, 0.3) is 0 Å². The summed E-state index contributed by atoms with van der Waals surface area (Å²) in [7, 11) is 0. The lowest BCUT2D eigenvalue weighted by molar-refractivity contribution is 0.0174. The Morgan fingerprint density at radius 2 is 2.14 bits per heavy atom. The van der Waals surface area contributed by atoms with Gasteiger partial charge in [-0.1, -0.05) is 29.8 Å². The Labute approximate surface area is 126 Å². The summed E-state index contributed by atoms with van der Waals surface area (Å²) in [5, 5.41) is 9.55. The molecule has 1 amide bonds. The number of amides is 1. The minimum atomic E-state index is -0.515. The van der Waals surface area contributed by atoms with E-state index in [1.807, 2.05) is 26.8 Å². The predicted octanol–water partition coefficient (Wildman–Crippen LogP) is 3.08. The van der Waals surface area contributed by atoms with E-state index >= 15 is 0 Å². The van der Waals surface area contributed by atoms with Crippen molar-refractivity contribution >= 4 is 6.09 Å². The van der Waals surface area contributed by atoms with Crippen molar-refractivity contribution in [3.05, 3.63) is 35.4 Å². The molecule has 4 heteroatoms. The molecule has 2 rings (SSSR count). The highest BCUT2D eigenvalue weighted by Gasteiger charge is 2.37. The van der Waals surface area contributed by atoms with E-state index in [0.717, 1.165) is 6.42 Å². The van der Waals surface area contributed by atoms with Gasteiger partial charge in [0.15, 0.2) is 0 Å². The molecular weight excluding hydrogens is 266 g/mol. The van der Waals surface area contributed by atoms with Crippen LogP contribution in [0.4, 0.5) is 4.79 Å². The summed E-state index contributed by atoms with van der Waals surface area (Å²) in [5.41, 5.74) is 1.92. The van der Waals surface area contributed by atoms with E-state index in [1.165, 1.54) is 11.1 Å². The maximum Gasteiger partial charge on any atom is 0.410 e. The molecule has 1 saturated heterocycles. The number of nitrogens with zero attached hydrogens (tertiary/aromatic N) is 1. The summed E-state index contributed by atoms with van der Waals surface area (Å²) in [6.45, 7) is 8.20. The van der Waals surface area contributed by atoms with Crippen LogP contribution in [-0.2, 0) is 4.74 Å². The number of hydrogen-bond donors (Lipinski definition) is 1. The van der Waals surface area contributed by atoms with E-state index in [2.05, 4.69) is 25.1 Å². The molecule has 1 aromatic carbocycles. The molecule has 1 N–H and O–H groups in total. The Morgan fingerprint density at radius 1 is 1.43 bits per heavy atom. The molecule has 2 atom stereocenters. The summed E-state index contributed by atoms with van der Waals surface area (Å²) in [6, 6.07) is 8.18. The van der Waals surface area contributed by atoms with Gasteiger partial charge in [-0.15, -0.1) is 0 Å². The molecule has 0 aromatic heterocycles. The lowest BCUT2D eigenvalue weighted by Gasteiger charge is -2.27. The standard InChI is InChI=1S/C17H25NO3/c1-12-6-5-7-13(8-12)14-9-15(11-19)18(10-14)16(20)21-17(2,3)4/h5-8,14-15,19H,9-11H2,1-4H3/t14-,15+/m1/s1. The van der Waals surface area contributed by atoms with Gasteiger partial charge in [-0.05, 0) is 39.7 Å². The third-order valence-electron chi connectivity index (χ3n) is 3.77. The van der Waals surface area contributed by atoms with Crippen LogP contribution in [0, 0.1) is 6.92 Å². The molecule has 0 radical (unpaired) electrons. The van der Waals surface area contributed by atoms with E-state index in [9.17, 15) is 9.90 Å². The van der Waals surface area contributed by atoms with Crippen LogP contribution in [0.5, 0.6) is 0 Å². The van der Waals surface area contributed by atoms with Crippen LogP contribution < -0.4 is 0 Å². The van der Waals surface area contributed by atoms with Gasteiger partial charge in [-0.2, -0.15) is 0 Å². The summed E-state index contributed by atoms with van der Waals surface area (Å²) in [4.78, 5) is 13.9. The Balaban J connectivity index is 2.12. The van der Waals surface area contributed by atoms with Gasteiger partial charge >= 0.3 is 6.09 Å². The van der Waals surface area contributed by atoms with Gasteiger partial charge in [0, 0.05) is 12.5 Å². The molecular formula is C17H25NO3. The van der Waals surface area contributed by atoms with E-state index in [4.69, 9.17) is 4.74 Å². The van der Waals surface area contributed by atoms with Crippen molar-refractivity contribution in [2.24, 2.45) is 0 Å². The van der Waals surface area contributed by atoms with E-state index < -0.39 is 5.60 Å². The van der Waals surface area contributed by atoms with Crippen molar-refractivity contribution in [1.82, 2.24) is 4.90 Å². The van der Waals surface area contributed by atoms with Gasteiger partial charge in [0.1, 0.15) is 5.60 Å². The second-order valence-corrected chi connectivity index (χ2v) is 6.82. The maximum absolute atomic E-state index is 12.3. The molecule has 0 unspecified atom stereocenters. The molecule has 1 aliphatic heterocycles. The Hall–Kier alpha value is -1.55. The molecule has 0 bridgehead atoms.